The molecule has 2 amide bonds. The van der Waals surface area contributed by atoms with Crippen molar-refractivity contribution in [2.75, 3.05) is 17.2 Å². The normalized spacial score (nSPS) is 12.7. The molecular formula is C24H24N8O2. The first-order valence-corrected chi connectivity index (χ1v) is 11.1. The molecule has 5 N–H and O–H groups in total. The number of carbonyl (C=O) groups excluding carboxylic acids is 2. The minimum Gasteiger partial charge on any atom is -0.365 e. The van der Waals surface area contributed by atoms with Gasteiger partial charge in [-0.05, 0) is 55.5 Å². The van der Waals surface area contributed by atoms with Gasteiger partial charge < -0.3 is 21.4 Å². The summed E-state index contributed by atoms with van der Waals surface area (Å²) < 4.78 is 1.83. The number of fused-ring (bicyclic) bond motifs is 1. The number of H-pyrrole nitrogens is 1. The van der Waals surface area contributed by atoms with E-state index < -0.39 is 5.91 Å². The van der Waals surface area contributed by atoms with Crippen LogP contribution in [0.4, 0.5) is 11.8 Å². The summed E-state index contributed by atoms with van der Waals surface area (Å²) in [6, 6.07) is 13.3. The third-order valence-electron chi connectivity index (χ3n) is 5.81. The van der Waals surface area contributed by atoms with Gasteiger partial charge in [0.2, 0.25) is 11.9 Å². The average molecular weight is 457 g/mol. The Bertz CT molecular complexity index is 1330. The second-order valence-electron chi connectivity index (χ2n) is 8.07. The Hall–Kier alpha value is -4.47. The number of aryl methyl sites for hydroxylation is 1. The molecule has 3 heterocycles. The van der Waals surface area contributed by atoms with Crippen molar-refractivity contribution in [3.8, 4) is 17.1 Å². The molecule has 34 heavy (non-hydrogen) atoms. The van der Waals surface area contributed by atoms with Crippen molar-refractivity contribution in [3.05, 3.63) is 71.7 Å². The lowest BCUT2D eigenvalue weighted by atomic mass is 9.95. The van der Waals surface area contributed by atoms with Crippen LogP contribution in [0.2, 0.25) is 0 Å². The summed E-state index contributed by atoms with van der Waals surface area (Å²) in [7, 11) is 0. The Labute approximate surface area is 195 Å². The highest BCUT2D eigenvalue weighted by atomic mass is 16.2. The summed E-state index contributed by atoms with van der Waals surface area (Å²) in [6.07, 6.45) is 7.04. The number of rotatable bonds is 7. The molecule has 0 bridgehead atoms. The quantitative estimate of drug-likeness (QED) is 0.337. The third kappa shape index (κ3) is 4.13. The molecule has 0 saturated carbocycles. The van der Waals surface area contributed by atoms with Crippen LogP contribution in [0.5, 0.6) is 0 Å². The van der Waals surface area contributed by atoms with E-state index in [-0.39, 0.29) is 12.5 Å². The molecule has 0 atom stereocenters. The predicted molar refractivity (Wildman–Crippen MR) is 128 cm³/mol. The highest BCUT2D eigenvalue weighted by Crippen LogP contribution is 2.30. The Kier molecular flexibility index (Phi) is 5.77. The van der Waals surface area contributed by atoms with Gasteiger partial charge in [0.1, 0.15) is 5.82 Å². The number of pyridine rings is 1. The van der Waals surface area contributed by atoms with Crippen molar-refractivity contribution in [1.29, 1.82) is 0 Å². The van der Waals surface area contributed by atoms with Crippen LogP contribution < -0.4 is 16.4 Å². The fourth-order valence-corrected chi connectivity index (χ4v) is 4.29. The number of nitrogens with zero attached hydrogens (tertiary/aromatic N) is 4. The Morgan fingerprint density at radius 3 is 2.65 bits per heavy atom. The number of para-hydroxylation sites is 1. The first-order chi connectivity index (χ1) is 16.6. The third-order valence-corrected chi connectivity index (χ3v) is 5.81. The Morgan fingerprint density at radius 2 is 1.88 bits per heavy atom. The molecule has 10 heteroatoms. The number of amides is 2. The zero-order valence-electron chi connectivity index (χ0n) is 18.4. The van der Waals surface area contributed by atoms with Gasteiger partial charge in [-0.2, -0.15) is 0 Å². The number of aromatic amines is 1. The molecule has 10 nitrogen and oxygen atoms in total. The number of benzene rings is 1. The van der Waals surface area contributed by atoms with Gasteiger partial charge in [0.05, 0.1) is 17.8 Å². The summed E-state index contributed by atoms with van der Waals surface area (Å²) in [4.78, 5) is 32.2. The number of hydrogen-bond donors (Lipinski definition) is 4. The minimum atomic E-state index is -0.549. The van der Waals surface area contributed by atoms with Gasteiger partial charge in [-0.3, -0.25) is 19.1 Å². The number of primary amides is 1. The molecule has 1 aliphatic rings. The van der Waals surface area contributed by atoms with Crippen molar-refractivity contribution in [2.45, 2.75) is 25.7 Å². The van der Waals surface area contributed by atoms with Crippen LogP contribution in [0.1, 0.15) is 34.5 Å². The standard InChI is InChI=1S/C24H24N8O2/c25-21(34)20-17-10-4-5-11-18(17)28-22(20)29-19(33)14-27-24-31-30-23(15-7-6-12-26-13-15)32(24)16-8-2-1-3-9-16/h1-3,6-9,12-13,28H,4-5,10-11,14H2,(H2,25,34)(H,27,31)(H,29,33). The molecule has 172 valence electrons. The van der Waals surface area contributed by atoms with Gasteiger partial charge in [-0.15, -0.1) is 10.2 Å². The Morgan fingerprint density at radius 1 is 1.06 bits per heavy atom. The van der Waals surface area contributed by atoms with Gasteiger partial charge in [0.25, 0.3) is 5.91 Å². The lowest BCUT2D eigenvalue weighted by molar-refractivity contribution is -0.114. The zero-order chi connectivity index (χ0) is 23.5. The lowest BCUT2D eigenvalue weighted by Gasteiger charge is -2.12. The second-order valence-corrected chi connectivity index (χ2v) is 8.07. The van der Waals surface area contributed by atoms with E-state index in [2.05, 4.69) is 30.8 Å². The first kappa shape index (κ1) is 21.4. The van der Waals surface area contributed by atoms with E-state index in [1.54, 1.807) is 12.4 Å². The Balaban J connectivity index is 1.38. The monoisotopic (exact) mass is 456 g/mol. The summed E-state index contributed by atoms with van der Waals surface area (Å²) in [5, 5.41) is 14.4. The number of aromatic nitrogens is 5. The van der Waals surface area contributed by atoms with E-state index >= 15 is 0 Å². The van der Waals surface area contributed by atoms with E-state index in [1.165, 1.54) is 0 Å². The number of carbonyl (C=O) groups is 2. The van der Waals surface area contributed by atoms with Crippen molar-refractivity contribution in [2.24, 2.45) is 5.73 Å². The summed E-state index contributed by atoms with van der Waals surface area (Å²) in [6.45, 7) is -0.0834. The lowest BCUT2D eigenvalue weighted by Crippen LogP contribution is -2.25. The highest BCUT2D eigenvalue weighted by molar-refractivity contribution is 6.04. The molecule has 0 radical (unpaired) electrons. The molecular weight excluding hydrogens is 432 g/mol. The fourth-order valence-electron chi connectivity index (χ4n) is 4.29. The SMILES string of the molecule is NC(=O)c1c(NC(=O)CNc2nnc(-c3cccnc3)n2-c2ccccc2)[nH]c2c1CCCC2. The van der Waals surface area contributed by atoms with Gasteiger partial charge in [-0.1, -0.05) is 18.2 Å². The molecule has 3 aromatic heterocycles. The largest absolute Gasteiger partial charge is 0.365 e. The predicted octanol–water partition coefficient (Wildman–Crippen LogP) is 2.69. The van der Waals surface area contributed by atoms with Gasteiger partial charge in [0.15, 0.2) is 5.82 Å². The summed E-state index contributed by atoms with van der Waals surface area (Å²) in [5.41, 5.74) is 9.49. The highest BCUT2D eigenvalue weighted by Gasteiger charge is 2.24. The first-order valence-electron chi connectivity index (χ1n) is 11.1. The van der Waals surface area contributed by atoms with Crippen LogP contribution in [0.3, 0.4) is 0 Å². The van der Waals surface area contributed by atoms with Crippen LogP contribution in [-0.2, 0) is 17.6 Å². The molecule has 5 rings (SSSR count). The molecule has 0 unspecified atom stereocenters. The maximum Gasteiger partial charge on any atom is 0.252 e. The maximum absolute atomic E-state index is 12.8. The minimum absolute atomic E-state index is 0.0834. The number of hydrogen-bond acceptors (Lipinski definition) is 6. The van der Waals surface area contributed by atoms with Crippen LogP contribution in [0.25, 0.3) is 17.1 Å². The number of anilines is 2. The van der Waals surface area contributed by atoms with Crippen molar-refractivity contribution in [3.63, 3.8) is 0 Å². The van der Waals surface area contributed by atoms with Gasteiger partial charge in [-0.25, -0.2) is 0 Å². The van der Waals surface area contributed by atoms with Crippen LogP contribution in [-0.4, -0.2) is 43.1 Å². The van der Waals surface area contributed by atoms with Gasteiger partial charge in [0, 0.05) is 23.7 Å². The number of nitrogens with one attached hydrogen (secondary N) is 3. The maximum atomic E-state index is 12.8. The van der Waals surface area contributed by atoms with Crippen molar-refractivity contribution >= 4 is 23.6 Å². The van der Waals surface area contributed by atoms with E-state index in [9.17, 15) is 9.59 Å². The van der Waals surface area contributed by atoms with E-state index in [0.29, 0.717) is 23.2 Å². The molecule has 0 aliphatic heterocycles. The molecule has 1 aromatic carbocycles. The van der Waals surface area contributed by atoms with Crippen LogP contribution in [0, 0.1) is 0 Å². The van der Waals surface area contributed by atoms with E-state index in [4.69, 9.17) is 5.73 Å². The molecule has 1 aliphatic carbocycles. The topological polar surface area (TPSA) is 144 Å². The van der Waals surface area contributed by atoms with Crippen LogP contribution >= 0.6 is 0 Å². The number of nitrogens with two attached hydrogens (primary N) is 1. The average Bonchev–Trinajstić information content (AvgIpc) is 3.45. The molecule has 4 aromatic rings. The van der Waals surface area contributed by atoms with Crippen molar-refractivity contribution in [1.82, 2.24) is 24.7 Å². The smallest absolute Gasteiger partial charge is 0.252 e. The van der Waals surface area contributed by atoms with Gasteiger partial charge >= 0.3 is 0 Å². The zero-order valence-corrected chi connectivity index (χ0v) is 18.4. The second kappa shape index (κ2) is 9.18. The van der Waals surface area contributed by atoms with E-state index in [1.807, 2.05) is 47.0 Å². The summed E-state index contributed by atoms with van der Waals surface area (Å²) in [5.74, 6) is 0.461. The molecule has 0 fully saturated rings. The van der Waals surface area contributed by atoms with Crippen molar-refractivity contribution < 1.29 is 9.59 Å². The summed E-state index contributed by atoms with van der Waals surface area (Å²) >= 11 is 0. The molecule has 0 saturated heterocycles. The van der Waals surface area contributed by atoms with E-state index in [0.717, 1.165) is 48.2 Å². The van der Waals surface area contributed by atoms with Crippen LogP contribution in [0.15, 0.2) is 54.9 Å². The molecule has 0 spiro atoms. The fraction of sp³-hybridized carbons (Fsp3) is 0.208.